The standard InChI is InChI=1S/C29H36N2O6/c32-19-24-20-36-14-15-37-25-9-4-8-22(16-25)17-26(31-13-5-10-28(31)34)27(33)18-23(29(35)30-24)12-11-21-6-2-1-3-7-21/h1-4,6-9,16,23-24,26,32H,5,10-15,17-20H2,(H,30,35)/t23-,24-,26+/m1/s1. The highest BCUT2D eigenvalue weighted by atomic mass is 16.5. The molecule has 4 rings (SSSR count). The van der Waals surface area contributed by atoms with Crippen LogP contribution < -0.4 is 10.1 Å². The predicted molar refractivity (Wildman–Crippen MR) is 138 cm³/mol. The van der Waals surface area contributed by atoms with E-state index in [0.717, 1.165) is 17.5 Å². The van der Waals surface area contributed by atoms with Crippen LogP contribution in [0.4, 0.5) is 0 Å². The largest absolute Gasteiger partial charge is 0.491 e. The molecule has 0 radical (unpaired) electrons. The minimum absolute atomic E-state index is 0.0162. The number of ketones is 1. The molecule has 2 aliphatic rings. The fourth-order valence-corrected chi connectivity index (χ4v) is 4.98. The number of aliphatic hydroxyl groups excluding tert-OH is 1. The molecule has 198 valence electrons. The number of carbonyl (C=O) groups excluding carboxylic acids is 3. The lowest BCUT2D eigenvalue weighted by Crippen LogP contribution is -2.47. The van der Waals surface area contributed by atoms with Crippen molar-refractivity contribution in [1.29, 1.82) is 0 Å². The number of carbonyl (C=O) groups is 3. The van der Waals surface area contributed by atoms with Crippen molar-refractivity contribution in [2.75, 3.05) is 33.0 Å². The Kier molecular flexibility index (Phi) is 9.68. The van der Waals surface area contributed by atoms with E-state index in [1.165, 1.54) is 0 Å². The SMILES string of the molecule is O=C1N[C@H](CO)COCCOc2cccc(c2)C[C@H](N2CCCC2=O)C(=O)C[C@H]1CCc1ccccc1. The van der Waals surface area contributed by atoms with Crippen LogP contribution in [0, 0.1) is 5.92 Å². The van der Waals surface area contributed by atoms with Gasteiger partial charge < -0.3 is 24.8 Å². The molecule has 3 atom stereocenters. The Balaban J connectivity index is 1.60. The van der Waals surface area contributed by atoms with Crippen molar-refractivity contribution in [3.05, 3.63) is 65.7 Å². The average molecular weight is 509 g/mol. The van der Waals surface area contributed by atoms with Gasteiger partial charge in [-0.15, -0.1) is 0 Å². The molecule has 8 nitrogen and oxygen atoms in total. The molecule has 0 saturated carbocycles. The molecule has 0 unspecified atom stereocenters. The molecular formula is C29H36N2O6. The van der Waals surface area contributed by atoms with Gasteiger partial charge in [0.2, 0.25) is 11.8 Å². The molecule has 2 bridgehead atoms. The summed E-state index contributed by atoms with van der Waals surface area (Å²) in [5, 5.41) is 12.7. The Morgan fingerprint density at radius 2 is 1.84 bits per heavy atom. The number of aryl methyl sites for hydroxylation is 1. The number of benzene rings is 2. The van der Waals surface area contributed by atoms with E-state index in [1.54, 1.807) is 4.90 Å². The van der Waals surface area contributed by atoms with Gasteiger partial charge in [-0.2, -0.15) is 0 Å². The maximum atomic E-state index is 13.8. The van der Waals surface area contributed by atoms with Gasteiger partial charge in [-0.3, -0.25) is 14.4 Å². The van der Waals surface area contributed by atoms with E-state index >= 15 is 0 Å². The molecule has 2 amide bonds. The first-order chi connectivity index (χ1) is 18.0. The molecule has 1 fully saturated rings. The second kappa shape index (κ2) is 13.4. The minimum Gasteiger partial charge on any atom is -0.491 e. The molecule has 37 heavy (non-hydrogen) atoms. The van der Waals surface area contributed by atoms with Crippen LogP contribution in [0.25, 0.3) is 0 Å². The number of rotatable bonds is 5. The lowest BCUT2D eigenvalue weighted by molar-refractivity contribution is -0.138. The molecule has 2 heterocycles. The Bertz CT molecular complexity index is 1060. The third-order valence-electron chi connectivity index (χ3n) is 7.01. The number of amides is 2. The average Bonchev–Trinajstić information content (AvgIpc) is 3.34. The number of hydrogen-bond acceptors (Lipinski definition) is 6. The highest BCUT2D eigenvalue weighted by Gasteiger charge is 2.35. The maximum Gasteiger partial charge on any atom is 0.223 e. The van der Waals surface area contributed by atoms with Crippen molar-refractivity contribution in [2.45, 2.75) is 50.6 Å². The third kappa shape index (κ3) is 7.63. The Labute approximate surface area is 217 Å². The van der Waals surface area contributed by atoms with Crippen LogP contribution in [0.15, 0.2) is 54.6 Å². The number of likely N-dealkylation sites (tertiary alicyclic amines) is 1. The Hall–Kier alpha value is -3.23. The Morgan fingerprint density at radius 1 is 1.00 bits per heavy atom. The summed E-state index contributed by atoms with van der Waals surface area (Å²) in [7, 11) is 0. The van der Waals surface area contributed by atoms with E-state index in [2.05, 4.69) is 5.32 Å². The summed E-state index contributed by atoms with van der Waals surface area (Å²) in [4.78, 5) is 41.5. The molecular weight excluding hydrogens is 472 g/mol. The van der Waals surface area contributed by atoms with Crippen LogP contribution in [0.1, 0.15) is 36.8 Å². The summed E-state index contributed by atoms with van der Waals surface area (Å²) >= 11 is 0. The second-order valence-corrected chi connectivity index (χ2v) is 9.76. The van der Waals surface area contributed by atoms with E-state index < -0.39 is 18.0 Å². The van der Waals surface area contributed by atoms with E-state index in [0.29, 0.717) is 51.2 Å². The van der Waals surface area contributed by atoms with Gasteiger partial charge in [0.15, 0.2) is 5.78 Å². The lowest BCUT2D eigenvalue weighted by Gasteiger charge is -2.29. The van der Waals surface area contributed by atoms with Gasteiger partial charge in [0.05, 0.1) is 31.9 Å². The third-order valence-corrected chi connectivity index (χ3v) is 7.01. The lowest BCUT2D eigenvalue weighted by atomic mass is 9.89. The van der Waals surface area contributed by atoms with Crippen molar-refractivity contribution in [3.63, 3.8) is 0 Å². The number of fused-ring (bicyclic) bond motifs is 2. The first-order valence-electron chi connectivity index (χ1n) is 13.1. The molecule has 0 spiro atoms. The van der Waals surface area contributed by atoms with Gasteiger partial charge in [0.1, 0.15) is 12.4 Å². The fourth-order valence-electron chi connectivity index (χ4n) is 4.98. The summed E-state index contributed by atoms with van der Waals surface area (Å²) < 4.78 is 11.4. The number of aliphatic hydroxyl groups is 1. The van der Waals surface area contributed by atoms with E-state index in [4.69, 9.17) is 9.47 Å². The highest BCUT2D eigenvalue weighted by molar-refractivity contribution is 5.93. The first-order valence-corrected chi connectivity index (χ1v) is 13.1. The van der Waals surface area contributed by atoms with Crippen LogP contribution >= 0.6 is 0 Å². The number of Topliss-reactive ketones (excluding diaryl/α,β-unsaturated/α-hetero) is 1. The fraction of sp³-hybridized carbons (Fsp3) is 0.483. The summed E-state index contributed by atoms with van der Waals surface area (Å²) in [6.07, 6.45) is 2.65. The zero-order chi connectivity index (χ0) is 26.0. The summed E-state index contributed by atoms with van der Waals surface area (Å²) in [5.41, 5.74) is 1.98. The van der Waals surface area contributed by atoms with E-state index in [9.17, 15) is 19.5 Å². The number of hydrogen-bond donors (Lipinski definition) is 2. The number of nitrogens with one attached hydrogen (secondary N) is 1. The van der Waals surface area contributed by atoms with Gasteiger partial charge >= 0.3 is 0 Å². The van der Waals surface area contributed by atoms with Gasteiger partial charge in [0.25, 0.3) is 0 Å². The minimum atomic E-state index is -0.637. The maximum absolute atomic E-state index is 13.8. The molecule has 2 N–H and O–H groups in total. The molecule has 8 heteroatoms. The van der Waals surface area contributed by atoms with Crippen molar-refractivity contribution in [1.82, 2.24) is 10.2 Å². The van der Waals surface area contributed by atoms with Gasteiger partial charge in [-0.05, 0) is 42.5 Å². The van der Waals surface area contributed by atoms with Crippen LogP contribution in [-0.4, -0.2) is 72.7 Å². The van der Waals surface area contributed by atoms with Crippen molar-refractivity contribution in [2.24, 2.45) is 5.92 Å². The molecule has 0 aromatic heterocycles. The van der Waals surface area contributed by atoms with Crippen molar-refractivity contribution in [3.8, 4) is 5.75 Å². The molecule has 1 saturated heterocycles. The topological polar surface area (TPSA) is 105 Å². The van der Waals surface area contributed by atoms with Crippen LogP contribution in [0.2, 0.25) is 0 Å². The summed E-state index contributed by atoms with van der Waals surface area (Å²) in [6, 6.07) is 16.2. The molecule has 2 aromatic carbocycles. The Morgan fingerprint density at radius 3 is 2.59 bits per heavy atom. The second-order valence-electron chi connectivity index (χ2n) is 9.76. The van der Waals surface area contributed by atoms with Crippen LogP contribution in [0.5, 0.6) is 5.75 Å². The van der Waals surface area contributed by atoms with E-state index in [1.807, 2.05) is 54.6 Å². The summed E-state index contributed by atoms with van der Waals surface area (Å²) in [6.45, 7) is 1.00. The van der Waals surface area contributed by atoms with Crippen molar-refractivity contribution < 1.29 is 29.0 Å². The predicted octanol–water partition coefficient (Wildman–Crippen LogP) is 2.31. The first kappa shape index (κ1) is 26.8. The zero-order valence-electron chi connectivity index (χ0n) is 21.1. The molecule has 2 aromatic rings. The normalized spacial score (nSPS) is 24.0. The summed E-state index contributed by atoms with van der Waals surface area (Å²) in [5.74, 6) is -0.366. The quantitative estimate of drug-likeness (QED) is 0.642. The number of nitrogens with zero attached hydrogens (tertiary/aromatic N) is 1. The number of ether oxygens (including phenoxy) is 2. The van der Waals surface area contributed by atoms with Crippen molar-refractivity contribution >= 4 is 17.6 Å². The van der Waals surface area contributed by atoms with Gasteiger partial charge in [0, 0.05) is 31.7 Å². The smallest absolute Gasteiger partial charge is 0.223 e. The van der Waals surface area contributed by atoms with E-state index in [-0.39, 0.29) is 37.2 Å². The van der Waals surface area contributed by atoms with Crippen LogP contribution in [-0.2, 0) is 32.0 Å². The van der Waals surface area contributed by atoms with Gasteiger partial charge in [-0.25, -0.2) is 0 Å². The molecule has 0 aliphatic carbocycles. The highest BCUT2D eigenvalue weighted by Crippen LogP contribution is 2.24. The monoisotopic (exact) mass is 508 g/mol. The molecule has 2 aliphatic heterocycles. The zero-order valence-corrected chi connectivity index (χ0v) is 21.1. The van der Waals surface area contributed by atoms with Crippen LogP contribution in [0.3, 0.4) is 0 Å². The van der Waals surface area contributed by atoms with Gasteiger partial charge in [-0.1, -0.05) is 42.5 Å².